The number of carbonyl (C=O) groups excluding carboxylic acids is 2. The number of amides is 3. The Bertz CT molecular complexity index is 1120. The number of phenols is 1. The average Bonchev–Trinajstić information content (AvgIpc) is 3.15. The summed E-state index contributed by atoms with van der Waals surface area (Å²) in [6.45, 7) is 0. The second-order valence-electron chi connectivity index (χ2n) is 7.52. The molecule has 0 spiro atoms. The van der Waals surface area contributed by atoms with Gasteiger partial charge in [0, 0.05) is 11.7 Å². The summed E-state index contributed by atoms with van der Waals surface area (Å²) in [6.07, 6.45) is 1.35. The number of benzene rings is 3. The van der Waals surface area contributed by atoms with Crippen LogP contribution in [0.25, 0.3) is 0 Å². The van der Waals surface area contributed by atoms with E-state index in [9.17, 15) is 19.1 Å². The number of carbonyl (C=O) groups is 2. The summed E-state index contributed by atoms with van der Waals surface area (Å²) in [6, 6.07) is 17.9. The summed E-state index contributed by atoms with van der Waals surface area (Å²) in [7, 11) is 0. The number of hydrogen-bond donors (Lipinski definition) is 4. The number of urea groups is 1. The number of anilines is 2. The van der Waals surface area contributed by atoms with Crippen molar-refractivity contribution in [1.29, 1.82) is 0 Å². The largest absolute Gasteiger partial charge is 0.508 e. The average molecular weight is 419 g/mol. The van der Waals surface area contributed by atoms with Crippen molar-refractivity contribution in [2.24, 2.45) is 0 Å². The van der Waals surface area contributed by atoms with Gasteiger partial charge in [-0.25, -0.2) is 9.18 Å². The first-order valence-corrected chi connectivity index (χ1v) is 9.98. The Morgan fingerprint density at radius 2 is 1.71 bits per heavy atom. The Morgan fingerprint density at radius 3 is 2.45 bits per heavy atom. The number of para-hydroxylation sites is 1. The van der Waals surface area contributed by atoms with Gasteiger partial charge in [-0.1, -0.05) is 36.4 Å². The second kappa shape index (κ2) is 8.87. The lowest BCUT2D eigenvalue weighted by molar-refractivity contribution is -0.115. The van der Waals surface area contributed by atoms with E-state index in [0.29, 0.717) is 18.5 Å². The topological polar surface area (TPSA) is 90.5 Å². The van der Waals surface area contributed by atoms with Crippen LogP contribution in [0.5, 0.6) is 5.75 Å². The van der Waals surface area contributed by atoms with Crippen LogP contribution in [0.2, 0.25) is 0 Å². The van der Waals surface area contributed by atoms with Crippen LogP contribution >= 0.6 is 0 Å². The van der Waals surface area contributed by atoms with E-state index in [1.807, 2.05) is 6.07 Å². The van der Waals surface area contributed by atoms with Crippen LogP contribution in [0.15, 0.2) is 66.7 Å². The van der Waals surface area contributed by atoms with E-state index in [4.69, 9.17) is 0 Å². The smallest absolute Gasteiger partial charge is 0.319 e. The molecule has 158 valence electrons. The van der Waals surface area contributed by atoms with Gasteiger partial charge in [-0.2, -0.15) is 0 Å². The van der Waals surface area contributed by atoms with E-state index in [0.717, 1.165) is 16.7 Å². The Labute approximate surface area is 179 Å². The third-order valence-corrected chi connectivity index (χ3v) is 5.22. The van der Waals surface area contributed by atoms with E-state index in [1.54, 1.807) is 48.5 Å². The molecule has 0 radical (unpaired) electrons. The van der Waals surface area contributed by atoms with Crippen LogP contribution in [0.3, 0.4) is 0 Å². The normalized spacial score (nSPS) is 14.5. The Hall–Kier alpha value is -3.87. The van der Waals surface area contributed by atoms with Crippen LogP contribution in [-0.2, 0) is 24.1 Å². The van der Waals surface area contributed by atoms with Crippen molar-refractivity contribution in [3.05, 3.63) is 89.2 Å². The summed E-state index contributed by atoms with van der Waals surface area (Å²) >= 11 is 0. The summed E-state index contributed by atoms with van der Waals surface area (Å²) < 4.78 is 13.6. The highest BCUT2D eigenvalue weighted by atomic mass is 19.1. The minimum absolute atomic E-state index is 0.0790. The summed E-state index contributed by atoms with van der Waals surface area (Å²) in [5.74, 6) is -0.550. The Kier molecular flexibility index (Phi) is 5.84. The van der Waals surface area contributed by atoms with Crippen molar-refractivity contribution in [2.45, 2.75) is 25.3 Å². The fourth-order valence-corrected chi connectivity index (χ4v) is 3.73. The lowest BCUT2D eigenvalue weighted by atomic mass is 10.1. The quantitative estimate of drug-likeness (QED) is 0.504. The van der Waals surface area contributed by atoms with Crippen molar-refractivity contribution < 1.29 is 19.1 Å². The number of phenolic OH excluding ortho intramolecular Hbond substituents is 1. The van der Waals surface area contributed by atoms with E-state index in [-0.39, 0.29) is 35.8 Å². The van der Waals surface area contributed by atoms with Crippen LogP contribution in [-0.4, -0.2) is 23.1 Å². The van der Waals surface area contributed by atoms with Crippen LogP contribution in [0.1, 0.15) is 16.7 Å². The minimum atomic E-state index is -0.484. The SMILES string of the molecule is O=C(Cc1ccc(NC(=O)NC2Cc3cccc(O)c3C2)cc1)Nc1ccccc1F. The monoisotopic (exact) mass is 419 g/mol. The standard InChI is InChI=1S/C24H22FN3O3/c25-20-5-1-2-6-21(20)28-23(30)12-15-8-10-17(11-9-15)26-24(31)27-18-13-16-4-3-7-22(29)19(16)14-18/h1-11,18,29H,12-14H2,(H,28,30)(H2,26,27,31). The van der Waals surface area contributed by atoms with Crippen molar-refractivity contribution in [3.63, 3.8) is 0 Å². The van der Waals surface area contributed by atoms with Gasteiger partial charge in [0.1, 0.15) is 11.6 Å². The molecule has 0 heterocycles. The zero-order chi connectivity index (χ0) is 21.8. The molecule has 1 unspecified atom stereocenters. The number of nitrogens with one attached hydrogen (secondary N) is 3. The van der Waals surface area contributed by atoms with Crippen molar-refractivity contribution >= 4 is 23.3 Å². The van der Waals surface area contributed by atoms with Gasteiger partial charge in [-0.05, 0) is 59.9 Å². The maximum atomic E-state index is 13.6. The first-order valence-electron chi connectivity index (χ1n) is 9.98. The second-order valence-corrected chi connectivity index (χ2v) is 7.52. The van der Waals surface area contributed by atoms with Gasteiger partial charge in [0.25, 0.3) is 0 Å². The summed E-state index contributed by atoms with van der Waals surface area (Å²) in [5, 5.41) is 18.2. The summed E-state index contributed by atoms with van der Waals surface area (Å²) in [5.41, 5.74) is 3.40. The molecule has 1 aliphatic carbocycles. The molecule has 0 saturated heterocycles. The molecule has 0 aromatic heterocycles. The molecule has 0 saturated carbocycles. The molecule has 4 N–H and O–H groups in total. The predicted octanol–water partition coefficient (Wildman–Crippen LogP) is 4.00. The highest BCUT2D eigenvalue weighted by Crippen LogP contribution is 2.29. The van der Waals surface area contributed by atoms with E-state index < -0.39 is 5.82 Å². The zero-order valence-corrected chi connectivity index (χ0v) is 16.7. The molecule has 3 aromatic rings. The Balaban J connectivity index is 1.28. The van der Waals surface area contributed by atoms with Gasteiger partial charge in [-0.15, -0.1) is 0 Å². The Morgan fingerprint density at radius 1 is 0.935 bits per heavy atom. The molecule has 0 bridgehead atoms. The van der Waals surface area contributed by atoms with Gasteiger partial charge < -0.3 is 21.1 Å². The first-order chi connectivity index (χ1) is 15.0. The molecule has 0 aliphatic heterocycles. The number of halogens is 1. The molecule has 4 rings (SSSR count). The van der Waals surface area contributed by atoms with E-state index in [2.05, 4.69) is 16.0 Å². The fourth-order valence-electron chi connectivity index (χ4n) is 3.73. The van der Waals surface area contributed by atoms with Crippen LogP contribution < -0.4 is 16.0 Å². The molecular formula is C24H22FN3O3. The molecule has 1 aliphatic rings. The maximum Gasteiger partial charge on any atom is 0.319 e. The van der Waals surface area contributed by atoms with Crippen molar-refractivity contribution in [1.82, 2.24) is 5.32 Å². The van der Waals surface area contributed by atoms with Gasteiger partial charge in [0.2, 0.25) is 5.91 Å². The van der Waals surface area contributed by atoms with Gasteiger partial charge in [0.05, 0.1) is 12.1 Å². The first kappa shape index (κ1) is 20.4. The van der Waals surface area contributed by atoms with Crippen LogP contribution in [0, 0.1) is 5.82 Å². The number of fused-ring (bicyclic) bond motifs is 1. The van der Waals surface area contributed by atoms with Crippen molar-refractivity contribution in [3.8, 4) is 5.75 Å². The number of hydrogen-bond acceptors (Lipinski definition) is 3. The van der Waals surface area contributed by atoms with Gasteiger partial charge >= 0.3 is 6.03 Å². The molecular weight excluding hydrogens is 397 g/mol. The highest BCUT2D eigenvalue weighted by Gasteiger charge is 2.25. The lowest BCUT2D eigenvalue weighted by Crippen LogP contribution is -2.38. The van der Waals surface area contributed by atoms with Crippen molar-refractivity contribution in [2.75, 3.05) is 10.6 Å². The summed E-state index contributed by atoms with van der Waals surface area (Å²) in [4.78, 5) is 24.5. The molecule has 3 aromatic carbocycles. The molecule has 0 fully saturated rings. The van der Waals surface area contributed by atoms with Crippen LogP contribution in [0.4, 0.5) is 20.6 Å². The molecule has 31 heavy (non-hydrogen) atoms. The van der Waals surface area contributed by atoms with Gasteiger partial charge in [0.15, 0.2) is 0 Å². The maximum absolute atomic E-state index is 13.6. The third-order valence-electron chi connectivity index (χ3n) is 5.22. The fraction of sp³-hybridized carbons (Fsp3) is 0.167. The molecule has 3 amide bonds. The minimum Gasteiger partial charge on any atom is -0.508 e. The number of rotatable bonds is 5. The predicted molar refractivity (Wildman–Crippen MR) is 117 cm³/mol. The van der Waals surface area contributed by atoms with Gasteiger partial charge in [-0.3, -0.25) is 4.79 Å². The van der Waals surface area contributed by atoms with E-state index in [1.165, 1.54) is 12.1 Å². The van der Waals surface area contributed by atoms with E-state index >= 15 is 0 Å². The lowest BCUT2D eigenvalue weighted by Gasteiger charge is -2.13. The molecule has 7 heteroatoms. The zero-order valence-electron chi connectivity index (χ0n) is 16.7. The third kappa shape index (κ3) is 5.01. The molecule has 1 atom stereocenters. The molecule has 6 nitrogen and oxygen atoms in total. The number of aromatic hydroxyl groups is 1. The highest BCUT2D eigenvalue weighted by molar-refractivity contribution is 5.93.